The maximum atomic E-state index is 13.4. The lowest BCUT2D eigenvalue weighted by Crippen LogP contribution is -2.46. The standard InChI is InChI=1S/C33H41F3N4O2S/c1-3-5-7-12-25-23-32(28-14-9-8-13-27(25)28,31(42)38-24-33(34,35)36)17-10-11-19-40-20-15-26(16-21-40)39-29(41)22-30(43)37-18-6-4-2/h3-9,12-14,18,23,26H,2,10-11,15-17,19-22,24H2,1H3,(H,37,43)(H,38,42)(H,39,41)/b5-3-,12-7-,18-6-. The summed E-state index contributed by atoms with van der Waals surface area (Å²) in [5.41, 5.74) is 1.24. The van der Waals surface area contributed by atoms with E-state index in [-0.39, 0.29) is 18.4 Å². The van der Waals surface area contributed by atoms with Gasteiger partial charge in [0.05, 0.1) is 16.8 Å². The van der Waals surface area contributed by atoms with E-state index < -0.39 is 24.0 Å². The number of carbonyl (C=O) groups excluding carboxylic acids is 2. The van der Waals surface area contributed by atoms with Gasteiger partial charge < -0.3 is 20.9 Å². The number of halogens is 3. The van der Waals surface area contributed by atoms with Gasteiger partial charge in [0.1, 0.15) is 6.54 Å². The van der Waals surface area contributed by atoms with Crippen LogP contribution in [0.25, 0.3) is 5.57 Å². The summed E-state index contributed by atoms with van der Waals surface area (Å²) in [4.78, 5) is 28.6. The van der Waals surface area contributed by atoms with Crippen molar-refractivity contribution in [2.75, 3.05) is 26.2 Å². The second kappa shape index (κ2) is 16.4. The summed E-state index contributed by atoms with van der Waals surface area (Å²) in [5, 5.41) is 8.09. The molecule has 6 nitrogen and oxygen atoms in total. The molecule has 2 amide bonds. The van der Waals surface area contributed by atoms with E-state index in [9.17, 15) is 22.8 Å². The van der Waals surface area contributed by atoms with Crippen molar-refractivity contribution in [3.63, 3.8) is 0 Å². The number of fused-ring (bicyclic) bond motifs is 1. The van der Waals surface area contributed by atoms with Gasteiger partial charge in [-0.3, -0.25) is 9.59 Å². The number of carbonyl (C=O) groups is 2. The predicted molar refractivity (Wildman–Crippen MR) is 170 cm³/mol. The van der Waals surface area contributed by atoms with Crippen LogP contribution in [0.15, 0.2) is 79.6 Å². The number of nitrogens with zero attached hydrogens (tertiary/aromatic N) is 1. The van der Waals surface area contributed by atoms with Gasteiger partial charge in [0.2, 0.25) is 11.8 Å². The Balaban J connectivity index is 1.57. The SMILES string of the molecule is C=C/C=C\NC(=S)CC(=O)NC1CCN(CCCCC2(C(=O)NCC(F)(F)F)C=C(/C=C\C=C/C)c3ccccc32)CC1. The van der Waals surface area contributed by atoms with Crippen LogP contribution in [0.1, 0.15) is 56.6 Å². The molecule has 0 spiro atoms. The van der Waals surface area contributed by atoms with Crippen LogP contribution in [-0.4, -0.2) is 60.1 Å². The van der Waals surface area contributed by atoms with Gasteiger partial charge in [-0.15, -0.1) is 0 Å². The Bertz CT molecular complexity index is 1260. The minimum absolute atomic E-state index is 0.0880. The van der Waals surface area contributed by atoms with Crippen molar-refractivity contribution in [3.8, 4) is 0 Å². The van der Waals surface area contributed by atoms with Gasteiger partial charge >= 0.3 is 6.18 Å². The van der Waals surface area contributed by atoms with Gasteiger partial charge in [-0.25, -0.2) is 0 Å². The number of allylic oxidation sites excluding steroid dienone is 7. The van der Waals surface area contributed by atoms with Crippen molar-refractivity contribution in [3.05, 3.63) is 90.7 Å². The minimum Gasteiger partial charge on any atom is -0.356 e. The fraction of sp³-hybridized carbons (Fsp3) is 0.424. The Morgan fingerprint density at radius 3 is 2.58 bits per heavy atom. The molecule has 1 aliphatic carbocycles. The average Bonchev–Trinajstić information content (AvgIpc) is 3.29. The molecule has 1 aromatic rings. The van der Waals surface area contributed by atoms with Crippen LogP contribution in [0.4, 0.5) is 13.2 Å². The van der Waals surface area contributed by atoms with Gasteiger partial charge in [-0.2, -0.15) is 13.2 Å². The van der Waals surface area contributed by atoms with E-state index in [2.05, 4.69) is 27.4 Å². The Morgan fingerprint density at radius 1 is 1.14 bits per heavy atom. The molecule has 43 heavy (non-hydrogen) atoms. The van der Waals surface area contributed by atoms with E-state index in [1.54, 1.807) is 18.4 Å². The number of benzene rings is 1. The molecule has 1 unspecified atom stereocenters. The van der Waals surface area contributed by atoms with E-state index >= 15 is 0 Å². The number of likely N-dealkylation sites (tertiary alicyclic amines) is 1. The molecule has 1 atom stereocenters. The van der Waals surface area contributed by atoms with Crippen molar-refractivity contribution in [1.82, 2.24) is 20.9 Å². The molecule has 1 saturated heterocycles. The van der Waals surface area contributed by atoms with Gasteiger partial charge in [-0.05, 0) is 61.9 Å². The molecule has 1 fully saturated rings. The number of amides is 2. The molecule has 1 aliphatic heterocycles. The fourth-order valence-corrected chi connectivity index (χ4v) is 5.72. The van der Waals surface area contributed by atoms with Gasteiger partial charge in [0.25, 0.3) is 0 Å². The second-order valence-corrected chi connectivity index (χ2v) is 11.3. The topological polar surface area (TPSA) is 73.5 Å². The van der Waals surface area contributed by atoms with E-state index in [1.165, 1.54) is 0 Å². The van der Waals surface area contributed by atoms with Crippen molar-refractivity contribution in [2.45, 2.75) is 63.1 Å². The summed E-state index contributed by atoms with van der Waals surface area (Å²) in [7, 11) is 0. The van der Waals surface area contributed by atoms with Crippen molar-refractivity contribution in [2.24, 2.45) is 0 Å². The lowest BCUT2D eigenvalue weighted by atomic mass is 9.77. The first-order valence-electron chi connectivity index (χ1n) is 14.6. The van der Waals surface area contributed by atoms with Crippen LogP contribution in [-0.2, 0) is 15.0 Å². The molecule has 1 heterocycles. The molecule has 10 heteroatoms. The highest BCUT2D eigenvalue weighted by Gasteiger charge is 2.44. The number of hydrogen-bond donors (Lipinski definition) is 3. The zero-order chi connectivity index (χ0) is 31.3. The summed E-state index contributed by atoms with van der Waals surface area (Å²) in [6.07, 6.45) is 13.4. The molecule has 0 saturated carbocycles. The van der Waals surface area contributed by atoms with E-state index in [0.29, 0.717) is 17.8 Å². The Kier molecular flexibility index (Phi) is 12.9. The first kappa shape index (κ1) is 34.0. The van der Waals surface area contributed by atoms with Crippen LogP contribution in [0, 0.1) is 0 Å². The summed E-state index contributed by atoms with van der Waals surface area (Å²) in [5.74, 6) is -0.739. The predicted octanol–water partition coefficient (Wildman–Crippen LogP) is 5.89. The first-order chi connectivity index (χ1) is 20.6. The van der Waals surface area contributed by atoms with Crippen LogP contribution in [0.3, 0.4) is 0 Å². The smallest absolute Gasteiger partial charge is 0.356 e. The average molecular weight is 615 g/mol. The number of unbranched alkanes of at least 4 members (excludes halogenated alkanes) is 1. The quantitative estimate of drug-likeness (QED) is 0.139. The number of thiocarbonyl (C=S) groups is 1. The molecular weight excluding hydrogens is 573 g/mol. The van der Waals surface area contributed by atoms with E-state index in [4.69, 9.17) is 12.2 Å². The maximum absolute atomic E-state index is 13.4. The third kappa shape index (κ3) is 10.3. The van der Waals surface area contributed by atoms with E-state index in [0.717, 1.165) is 55.6 Å². The largest absolute Gasteiger partial charge is 0.405 e. The molecular formula is C33H41F3N4O2S. The van der Waals surface area contributed by atoms with Crippen molar-refractivity contribution < 1.29 is 22.8 Å². The highest BCUT2D eigenvalue weighted by molar-refractivity contribution is 7.80. The Labute approximate surface area is 257 Å². The van der Waals surface area contributed by atoms with Gasteiger partial charge in [-0.1, -0.05) is 85.9 Å². The maximum Gasteiger partial charge on any atom is 0.405 e. The monoisotopic (exact) mass is 614 g/mol. The van der Waals surface area contributed by atoms with E-state index in [1.807, 2.05) is 61.6 Å². The summed E-state index contributed by atoms with van der Waals surface area (Å²) in [6, 6.07) is 7.54. The molecule has 1 aromatic carbocycles. The number of hydrogen-bond acceptors (Lipinski definition) is 4. The minimum atomic E-state index is -4.50. The van der Waals surface area contributed by atoms with Gasteiger partial charge in [0, 0.05) is 25.3 Å². The van der Waals surface area contributed by atoms with Crippen LogP contribution in [0.5, 0.6) is 0 Å². The zero-order valence-corrected chi connectivity index (χ0v) is 25.4. The normalized spacial score (nSPS) is 19.5. The third-order valence-electron chi connectivity index (χ3n) is 7.60. The molecule has 3 rings (SSSR count). The Morgan fingerprint density at radius 2 is 1.88 bits per heavy atom. The molecule has 2 aliphatic rings. The molecule has 0 radical (unpaired) electrons. The number of rotatable bonds is 14. The lowest BCUT2D eigenvalue weighted by molar-refractivity contribution is -0.141. The molecule has 3 N–H and O–H groups in total. The molecule has 232 valence electrons. The molecule has 0 aromatic heterocycles. The first-order valence-corrected chi connectivity index (χ1v) is 15.0. The fourth-order valence-electron chi connectivity index (χ4n) is 5.52. The second-order valence-electron chi connectivity index (χ2n) is 10.8. The number of piperidine rings is 1. The number of alkyl halides is 3. The lowest BCUT2D eigenvalue weighted by Gasteiger charge is -2.33. The summed E-state index contributed by atoms with van der Waals surface area (Å²) in [6.45, 7) is 6.58. The summed E-state index contributed by atoms with van der Waals surface area (Å²) < 4.78 is 39.1. The molecule has 0 bridgehead atoms. The van der Waals surface area contributed by atoms with Crippen LogP contribution < -0.4 is 16.0 Å². The highest BCUT2D eigenvalue weighted by Crippen LogP contribution is 2.45. The van der Waals surface area contributed by atoms with Gasteiger partial charge in [0.15, 0.2) is 0 Å². The van der Waals surface area contributed by atoms with Crippen LogP contribution in [0.2, 0.25) is 0 Å². The zero-order valence-electron chi connectivity index (χ0n) is 24.6. The third-order valence-corrected chi connectivity index (χ3v) is 7.86. The Hall–Kier alpha value is -3.50. The van der Waals surface area contributed by atoms with Crippen LogP contribution >= 0.6 is 12.2 Å². The van der Waals surface area contributed by atoms with Crippen molar-refractivity contribution >= 4 is 34.6 Å². The highest BCUT2D eigenvalue weighted by atomic mass is 32.1. The van der Waals surface area contributed by atoms with Crippen molar-refractivity contribution in [1.29, 1.82) is 0 Å². The number of nitrogens with one attached hydrogen (secondary N) is 3. The summed E-state index contributed by atoms with van der Waals surface area (Å²) >= 11 is 5.19.